The molecule has 3 heterocycles. The zero-order chi connectivity index (χ0) is 19.2. The normalized spacial score (nSPS) is 14.3. The maximum absolute atomic E-state index is 12.2. The van der Waals surface area contributed by atoms with Crippen molar-refractivity contribution in [3.63, 3.8) is 0 Å². The topological polar surface area (TPSA) is 84.7 Å². The van der Waals surface area contributed by atoms with E-state index in [1.807, 2.05) is 25.1 Å². The number of thiazole rings is 1. The second-order valence-electron chi connectivity index (χ2n) is 6.26. The second kappa shape index (κ2) is 8.81. The van der Waals surface area contributed by atoms with Crippen LogP contribution in [0.25, 0.3) is 0 Å². The van der Waals surface area contributed by atoms with Crippen molar-refractivity contribution in [2.24, 2.45) is 0 Å². The number of hydrogen-bond donors (Lipinski definition) is 0. The van der Waals surface area contributed by atoms with E-state index in [0.717, 1.165) is 22.8 Å². The summed E-state index contributed by atoms with van der Waals surface area (Å²) >= 11 is 1.10. The molecule has 144 valence electrons. The van der Waals surface area contributed by atoms with Gasteiger partial charge in [-0.2, -0.15) is 0 Å². The van der Waals surface area contributed by atoms with Crippen LogP contribution in [0.1, 0.15) is 12.1 Å². The summed E-state index contributed by atoms with van der Waals surface area (Å²) in [6.07, 6.45) is 1.82. The molecular formula is C18H22N4O4S. The van der Waals surface area contributed by atoms with Crippen molar-refractivity contribution in [3.8, 4) is 0 Å². The molecule has 27 heavy (non-hydrogen) atoms. The van der Waals surface area contributed by atoms with E-state index in [4.69, 9.17) is 4.74 Å². The molecule has 9 heteroatoms. The predicted octanol–water partition coefficient (Wildman–Crippen LogP) is 0.895. The second-order valence-corrected chi connectivity index (χ2v) is 7.08. The first-order chi connectivity index (χ1) is 13.0. The van der Waals surface area contributed by atoms with Gasteiger partial charge in [0.2, 0.25) is 0 Å². The van der Waals surface area contributed by atoms with Crippen LogP contribution in [0.2, 0.25) is 0 Å². The molecule has 0 spiro atoms. The standard InChI is InChI=1S/C18H22N4O4S/c1-14-13-27-18(25)22(14)7-5-17(24)26-12-16(23)21-10-8-20(9-11-21)15-4-2-3-6-19-15/h2-4,6,13H,5,7-12H2,1H3. The molecule has 0 aliphatic carbocycles. The number of carbonyl (C=O) groups excluding carboxylic acids is 2. The minimum absolute atomic E-state index is 0.0677. The minimum atomic E-state index is -0.479. The number of anilines is 1. The van der Waals surface area contributed by atoms with E-state index in [-0.39, 0.29) is 30.4 Å². The Morgan fingerprint density at radius 3 is 2.63 bits per heavy atom. The molecule has 0 unspecified atom stereocenters. The fourth-order valence-corrected chi connectivity index (χ4v) is 3.67. The van der Waals surface area contributed by atoms with Crippen molar-refractivity contribution in [2.45, 2.75) is 19.9 Å². The number of nitrogens with zero attached hydrogens (tertiary/aromatic N) is 4. The molecule has 0 radical (unpaired) electrons. The minimum Gasteiger partial charge on any atom is -0.456 e. The lowest BCUT2D eigenvalue weighted by Crippen LogP contribution is -2.50. The lowest BCUT2D eigenvalue weighted by atomic mass is 10.3. The van der Waals surface area contributed by atoms with Gasteiger partial charge in [-0.3, -0.25) is 14.4 Å². The van der Waals surface area contributed by atoms with E-state index < -0.39 is 5.97 Å². The summed E-state index contributed by atoms with van der Waals surface area (Å²) in [5.41, 5.74) is 0.819. The molecule has 0 saturated carbocycles. The number of esters is 1. The van der Waals surface area contributed by atoms with Gasteiger partial charge in [0.15, 0.2) is 6.61 Å². The maximum atomic E-state index is 12.2. The number of rotatable bonds is 6. The number of amides is 1. The fraction of sp³-hybridized carbons (Fsp3) is 0.444. The van der Waals surface area contributed by atoms with Gasteiger partial charge < -0.3 is 19.1 Å². The van der Waals surface area contributed by atoms with Crippen LogP contribution in [0.5, 0.6) is 0 Å². The van der Waals surface area contributed by atoms with E-state index in [0.29, 0.717) is 26.2 Å². The van der Waals surface area contributed by atoms with Gasteiger partial charge in [0.25, 0.3) is 5.91 Å². The van der Waals surface area contributed by atoms with Crippen LogP contribution in [0.4, 0.5) is 5.82 Å². The van der Waals surface area contributed by atoms with Crippen LogP contribution < -0.4 is 9.77 Å². The van der Waals surface area contributed by atoms with Crippen molar-refractivity contribution in [1.29, 1.82) is 0 Å². The Balaban J connectivity index is 1.39. The summed E-state index contributed by atoms with van der Waals surface area (Å²) < 4.78 is 6.61. The van der Waals surface area contributed by atoms with Crippen molar-refractivity contribution in [3.05, 3.63) is 45.1 Å². The number of ether oxygens (including phenoxy) is 1. The number of hydrogen-bond acceptors (Lipinski definition) is 7. The average molecular weight is 390 g/mol. The van der Waals surface area contributed by atoms with E-state index in [2.05, 4.69) is 9.88 Å². The van der Waals surface area contributed by atoms with Crippen LogP contribution in [-0.4, -0.2) is 59.1 Å². The molecule has 1 amide bonds. The van der Waals surface area contributed by atoms with Crippen molar-refractivity contribution >= 4 is 29.0 Å². The van der Waals surface area contributed by atoms with E-state index in [1.165, 1.54) is 4.57 Å². The van der Waals surface area contributed by atoms with E-state index in [9.17, 15) is 14.4 Å². The van der Waals surface area contributed by atoms with Gasteiger partial charge in [0, 0.05) is 50.0 Å². The van der Waals surface area contributed by atoms with Gasteiger partial charge in [0.1, 0.15) is 5.82 Å². The van der Waals surface area contributed by atoms with E-state index >= 15 is 0 Å². The molecule has 1 saturated heterocycles. The summed E-state index contributed by atoms with van der Waals surface area (Å²) in [5.74, 6) is 0.218. The number of piperazine rings is 1. The molecule has 0 aromatic carbocycles. The van der Waals surface area contributed by atoms with Crippen LogP contribution in [0.15, 0.2) is 34.6 Å². The van der Waals surface area contributed by atoms with Gasteiger partial charge in [0.05, 0.1) is 6.42 Å². The quantitative estimate of drug-likeness (QED) is 0.682. The zero-order valence-electron chi connectivity index (χ0n) is 15.2. The molecular weight excluding hydrogens is 368 g/mol. The average Bonchev–Trinajstić information content (AvgIpc) is 3.03. The van der Waals surface area contributed by atoms with Crippen LogP contribution >= 0.6 is 11.3 Å². The van der Waals surface area contributed by atoms with Crippen molar-refractivity contribution < 1.29 is 14.3 Å². The summed E-state index contributed by atoms with van der Waals surface area (Å²) in [4.78, 5) is 43.8. The fourth-order valence-electron chi connectivity index (χ4n) is 2.91. The van der Waals surface area contributed by atoms with Crippen LogP contribution in [0, 0.1) is 6.92 Å². The lowest BCUT2D eigenvalue weighted by Gasteiger charge is -2.35. The molecule has 1 aliphatic rings. The summed E-state index contributed by atoms with van der Waals surface area (Å²) in [5, 5.41) is 1.75. The first-order valence-electron chi connectivity index (χ1n) is 8.79. The number of aryl methyl sites for hydroxylation is 1. The Morgan fingerprint density at radius 1 is 1.22 bits per heavy atom. The summed E-state index contributed by atoms with van der Waals surface area (Å²) in [6.45, 7) is 4.34. The molecule has 2 aromatic rings. The van der Waals surface area contributed by atoms with Gasteiger partial charge in [-0.05, 0) is 19.1 Å². The Bertz CT molecular complexity index is 841. The maximum Gasteiger partial charge on any atom is 0.308 e. The first-order valence-corrected chi connectivity index (χ1v) is 9.67. The van der Waals surface area contributed by atoms with Crippen LogP contribution in [0.3, 0.4) is 0 Å². The largest absolute Gasteiger partial charge is 0.456 e. The third kappa shape index (κ3) is 4.94. The number of carbonyl (C=O) groups is 2. The first kappa shape index (κ1) is 19.1. The predicted molar refractivity (Wildman–Crippen MR) is 102 cm³/mol. The lowest BCUT2D eigenvalue weighted by molar-refractivity contribution is -0.152. The molecule has 0 atom stereocenters. The third-order valence-corrected chi connectivity index (χ3v) is 5.36. The molecule has 1 fully saturated rings. The van der Waals surface area contributed by atoms with Crippen molar-refractivity contribution in [2.75, 3.05) is 37.7 Å². The smallest absolute Gasteiger partial charge is 0.308 e. The highest BCUT2D eigenvalue weighted by Gasteiger charge is 2.22. The summed E-state index contributed by atoms with van der Waals surface area (Å²) in [7, 11) is 0. The number of pyridine rings is 1. The van der Waals surface area contributed by atoms with Crippen molar-refractivity contribution in [1.82, 2.24) is 14.5 Å². The van der Waals surface area contributed by atoms with Gasteiger partial charge in [-0.1, -0.05) is 17.4 Å². The van der Waals surface area contributed by atoms with Gasteiger partial charge >= 0.3 is 10.8 Å². The highest BCUT2D eigenvalue weighted by molar-refractivity contribution is 7.07. The SMILES string of the molecule is Cc1csc(=O)n1CCC(=O)OCC(=O)N1CCN(c2ccccn2)CC1. The Labute approximate surface area is 161 Å². The molecule has 3 rings (SSSR count). The molecule has 2 aromatic heterocycles. The summed E-state index contributed by atoms with van der Waals surface area (Å²) in [6, 6.07) is 5.75. The molecule has 0 N–H and O–H groups in total. The Morgan fingerprint density at radius 2 is 2.00 bits per heavy atom. The van der Waals surface area contributed by atoms with Gasteiger partial charge in [-0.25, -0.2) is 4.98 Å². The highest BCUT2D eigenvalue weighted by Crippen LogP contribution is 2.12. The molecule has 0 bridgehead atoms. The molecule has 8 nitrogen and oxygen atoms in total. The number of aromatic nitrogens is 2. The zero-order valence-corrected chi connectivity index (χ0v) is 16.0. The van der Waals surface area contributed by atoms with Gasteiger partial charge in [-0.15, -0.1) is 0 Å². The van der Waals surface area contributed by atoms with E-state index in [1.54, 1.807) is 16.5 Å². The molecule has 1 aliphatic heterocycles. The monoisotopic (exact) mass is 390 g/mol. The Kier molecular flexibility index (Phi) is 6.23. The Hall–Kier alpha value is -2.68. The third-order valence-electron chi connectivity index (χ3n) is 4.48. The highest BCUT2D eigenvalue weighted by atomic mass is 32.1. The van der Waals surface area contributed by atoms with Crippen LogP contribution in [-0.2, 0) is 20.9 Å².